The highest BCUT2D eigenvalue weighted by Crippen LogP contribution is 2.23. The minimum Gasteiger partial charge on any atom is -0.394 e. The maximum absolute atomic E-state index is 12.8. The van der Waals surface area contributed by atoms with Crippen LogP contribution in [0.4, 0.5) is 0 Å². The molecule has 7 atom stereocenters. The summed E-state index contributed by atoms with van der Waals surface area (Å²) in [5.41, 5.74) is 0. The smallest absolute Gasteiger partial charge is 0.220 e. The van der Waals surface area contributed by atoms with Crippen LogP contribution < -0.4 is 5.32 Å². The van der Waals surface area contributed by atoms with Crippen LogP contribution in [0.2, 0.25) is 0 Å². The van der Waals surface area contributed by atoms with Crippen molar-refractivity contribution in [3.8, 4) is 0 Å². The van der Waals surface area contributed by atoms with Crippen LogP contribution in [-0.4, -0.2) is 87.5 Å². The van der Waals surface area contributed by atoms with Crippen molar-refractivity contribution in [3.63, 3.8) is 0 Å². The van der Waals surface area contributed by atoms with E-state index in [9.17, 15) is 30.3 Å². The summed E-state index contributed by atoms with van der Waals surface area (Å²) in [7, 11) is 0. The molecule has 284 valence electrons. The van der Waals surface area contributed by atoms with E-state index in [-0.39, 0.29) is 12.5 Å². The summed E-state index contributed by atoms with van der Waals surface area (Å²) in [6, 6.07) is -0.711. The fraction of sp³-hybridized carbons (Fsp3) is 0.923. The summed E-state index contributed by atoms with van der Waals surface area (Å²) >= 11 is 0. The number of carbonyl (C=O) groups is 1. The molecule has 1 aliphatic heterocycles. The van der Waals surface area contributed by atoms with Crippen LogP contribution in [0.25, 0.3) is 0 Å². The third-order valence-electron chi connectivity index (χ3n) is 9.62. The van der Waals surface area contributed by atoms with Gasteiger partial charge in [0.2, 0.25) is 5.91 Å². The van der Waals surface area contributed by atoms with Gasteiger partial charge in [0.25, 0.3) is 0 Å². The molecule has 1 aliphatic rings. The predicted molar refractivity (Wildman–Crippen MR) is 194 cm³/mol. The van der Waals surface area contributed by atoms with Crippen molar-refractivity contribution in [2.45, 2.75) is 217 Å². The number of ether oxygens (including phenoxy) is 2. The fourth-order valence-corrected chi connectivity index (χ4v) is 6.33. The van der Waals surface area contributed by atoms with Gasteiger partial charge in [0.15, 0.2) is 6.29 Å². The van der Waals surface area contributed by atoms with Crippen LogP contribution in [0.3, 0.4) is 0 Å². The molecule has 1 rings (SSSR count). The fourth-order valence-electron chi connectivity index (χ4n) is 6.33. The Hall–Kier alpha value is -1.07. The number of aliphatic hydroxyl groups excluding tert-OH is 5. The summed E-state index contributed by atoms with van der Waals surface area (Å²) in [6.45, 7) is 3.70. The van der Waals surface area contributed by atoms with Gasteiger partial charge in [0.1, 0.15) is 24.4 Å². The van der Waals surface area contributed by atoms with E-state index in [1.165, 1.54) is 103 Å². The molecule has 9 heteroatoms. The van der Waals surface area contributed by atoms with Gasteiger partial charge in [-0.25, -0.2) is 0 Å². The molecule has 1 heterocycles. The van der Waals surface area contributed by atoms with Crippen LogP contribution in [0.15, 0.2) is 12.2 Å². The summed E-state index contributed by atoms with van der Waals surface area (Å²) < 4.78 is 11.1. The van der Waals surface area contributed by atoms with Gasteiger partial charge in [0.05, 0.1) is 25.4 Å². The van der Waals surface area contributed by atoms with Gasteiger partial charge in [0, 0.05) is 6.42 Å². The lowest BCUT2D eigenvalue weighted by atomic mass is 9.99. The maximum Gasteiger partial charge on any atom is 0.220 e. The Morgan fingerprint density at radius 3 is 1.69 bits per heavy atom. The Kier molecular flexibility index (Phi) is 28.8. The highest BCUT2D eigenvalue weighted by atomic mass is 16.7. The molecule has 0 bridgehead atoms. The van der Waals surface area contributed by atoms with Crippen molar-refractivity contribution in [2.75, 3.05) is 13.2 Å². The Balaban J connectivity index is 2.18. The highest BCUT2D eigenvalue weighted by molar-refractivity contribution is 5.76. The molecule has 1 fully saturated rings. The summed E-state index contributed by atoms with van der Waals surface area (Å²) in [4.78, 5) is 12.8. The maximum atomic E-state index is 12.8. The minimum atomic E-state index is -1.55. The molecule has 9 nitrogen and oxygen atoms in total. The predicted octanol–water partition coefficient (Wildman–Crippen LogP) is 7.00. The van der Waals surface area contributed by atoms with Crippen LogP contribution in [0.1, 0.15) is 174 Å². The van der Waals surface area contributed by atoms with E-state index in [0.29, 0.717) is 12.8 Å². The lowest BCUT2D eigenvalue weighted by Gasteiger charge is -2.40. The van der Waals surface area contributed by atoms with E-state index in [4.69, 9.17) is 9.47 Å². The molecule has 0 spiro atoms. The Bertz CT molecular complexity index is 766. The topological polar surface area (TPSA) is 149 Å². The number of aliphatic hydroxyl groups is 5. The van der Waals surface area contributed by atoms with Crippen molar-refractivity contribution in [2.24, 2.45) is 0 Å². The average molecular weight is 686 g/mol. The molecule has 0 radical (unpaired) electrons. The van der Waals surface area contributed by atoms with Crippen molar-refractivity contribution < 1.29 is 39.8 Å². The monoisotopic (exact) mass is 686 g/mol. The molecule has 48 heavy (non-hydrogen) atoms. The molecule has 7 unspecified atom stereocenters. The van der Waals surface area contributed by atoms with Gasteiger partial charge in [-0.3, -0.25) is 4.79 Å². The van der Waals surface area contributed by atoms with E-state index in [1.54, 1.807) is 0 Å². The minimum absolute atomic E-state index is 0.140. The molecule has 0 aromatic rings. The van der Waals surface area contributed by atoms with E-state index in [2.05, 4.69) is 31.3 Å². The molecule has 1 saturated heterocycles. The van der Waals surface area contributed by atoms with Crippen LogP contribution in [-0.2, 0) is 14.3 Å². The first-order chi connectivity index (χ1) is 23.3. The first-order valence-corrected chi connectivity index (χ1v) is 19.9. The zero-order valence-corrected chi connectivity index (χ0v) is 30.7. The normalized spacial score (nSPS) is 22.7. The van der Waals surface area contributed by atoms with Crippen molar-refractivity contribution in [3.05, 3.63) is 12.2 Å². The van der Waals surface area contributed by atoms with E-state index < -0.39 is 49.5 Å². The number of allylic oxidation sites excluding steroid dienone is 2. The Morgan fingerprint density at radius 2 is 1.17 bits per heavy atom. The van der Waals surface area contributed by atoms with Gasteiger partial charge in [-0.15, -0.1) is 0 Å². The molecular formula is C39H75NO8. The third-order valence-corrected chi connectivity index (χ3v) is 9.62. The number of hydrogen-bond acceptors (Lipinski definition) is 8. The van der Waals surface area contributed by atoms with Gasteiger partial charge in [-0.05, 0) is 38.5 Å². The number of hydrogen-bond donors (Lipinski definition) is 6. The third kappa shape index (κ3) is 21.9. The SMILES string of the molecule is CCCCCCCCCC/C=C\CCCCCCCCCCCC(=O)NC(COC1OC(CO)C(O)C(O)C1O)C(O)CCCCCC. The van der Waals surface area contributed by atoms with E-state index in [0.717, 1.165) is 44.9 Å². The Morgan fingerprint density at radius 1 is 0.688 bits per heavy atom. The Labute approximate surface area is 293 Å². The number of rotatable bonds is 32. The molecule has 0 saturated carbocycles. The standard InChI is InChI=1S/C39H75NO8/c1-3-5-7-9-10-11-12-13-14-15-16-17-18-19-20-21-22-23-24-25-27-29-35(43)40-32(33(42)28-26-8-6-4-2)31-47-39-38(46)37(45)36(44)34(30-41)48-39/h15-16,32-34,36-39,41-42,44-46H,3-14,17-31H2,1-2H3,(H,40,43)/b16-15-. The lowest BCUT2D eigenvalue weighted by Crippen LogP contribution is -2.60. The second-order valence-corrected chi connectivity index (χ2v) is 14.1. The number of unbranched alkanes of at least 4 members (excludes halogenated alkanes) is 20. The molecule has 0 aromatic carbocycles. The second-order valence-electron chi connectivity index (χ2n) is 14.1. The first kappa shape index (κ1) is 45.0. The summed E-state index contributed by atoms with van der Waals surface area (Å²) in [5.74, 6) is -0.156. The number of amides is 1. The zero-order valence-electron chi connectivity index (χ0n) is 30.7. The average Bonchev–Trinajstić information content (AvgIpc) is 3.08. The highest BCUT2D eigenvalue weighted by Gasteiger charge is 2.44. The summed E-state index contributed by atoms with van der Waals surface area (Å²) in [6.07, 6.45) is 25.7. The van der Waals surface area contributed by atoms with Crippen molar-refractivity contribution in [1.29, 1.82) is 0 Å². The second kappa shape index (κ2) is 30.7. The molecule has 0 aliphatic carbocycles. The van der Waals surface area contributed by atoms with Gasteiger partial charge < -0.3 is 40.3 Å². The van der Waals surface area contributed by atoms with Crippen LogP contribution in [0, 0.1) is 0 Å². The molecule has 6 N–H and O–H groups in total. The molecular weight excluding hydrogens is 610 g/mol. The van der Waals surface area contributed by atoms with Crippen molar-refractivity contribution in [1.82, 2.24) is 5.32 Å². The number of nitrogens with one attached hydrogen (secondary N) is 1. The van der Waals surface area contributed by atoms with Gasteiger partial charge in [-0.2, -0.15) is 0 Å². The quantitative estimate of drug-likeness (QED) is 0.0328. The van der Waals surface area contributed by atoms with Crippen LogP contribution in [0.5, 0.6) is 0 Å². The largest absolute Gasteiger partial charge is 0.394 e. The van der Waals surface area contributed by atoms with E-state index >= 15 is 0 Å². The van der Waals surface area contributed by atoms with Gasteiger partial charge in [-0.1, -0.05) is 142 Å². The zero-order chi connectivity index (χ0) is 35.2. The molecule has 1 amide bonds. The van der Waals surface area contributed by atoms with Gasteiger partial charge >= 0.3 is 0 Å². The molecule has 0 aromatic heterocycles. The first-order valence-electron chi connectivity index (χ1n) is 19.9. The number of carbonyl (C=O) groups excluding carboxylic acids is 1. The van der Waals surface area contributed by atoms with E-state index in [1.807, 2.05) is 0 Å². The summed E-state index contributed by atoms with van der Waals surface area (Å²) in [5, 5.41) is 53.6. The van der Waals surface area contributed by atoms with Crippen LogP contribution >= 0.6 is 0 Å². The lowest BCUT2D eigenvalue weighted by molar-refractivity contribution is -0.302. The van der Waals surface area contributed by atoms with Crippen molar-refractivity contribution >= 4 is 5.91 Å².